The molecule has 2 atom stereocenters. The predicted molar refractivity (Wildman–Crippen MR) is 66.8 cm³/mol. The van der Waals surface area contributed by atoms with Gasteiger partial charge in [0.25, 0.3) is 5.91 Å². The molecule has 6 nitrogen and oxygen atoms in total. The first kappa shape index (κ1) is 13.6. The number of aliphatic carboxylic acids is 1. The lowest BCUT2D eigenvalue weighted by Gasteiger charge is -2.19. The zero-order valence-electron chi connectivity index (χ0n) is 11.0. The maximum absolute atomic E-state index is 11.9. The van der Waals surface area contributed by atoms with Crippen molar-refractivity contribution in [1.82, 2.24) is 10.5 Å². The van der Waals surface area contributed by atoms with Crippen molar-refractivity contribution >= 4 is 11.9 Å². The molecule has 19 heavy (non-hydrogen) atoms. The van der Waals surface area contributed by atoms with E-state index in [0.717, 1.165) is 12.8 Å². The van der Waals surface area contributed by atoms with Crippen LogP contribution in [0.1, 0.15) is 55.3 Å². The molecule has 1 fully saturated rings. The average molecular weight is 266 g/mol. The van der Waals surface area contributed by atoms with Crippen LogP contribution in [-0.2, 0) is 4.79 Å². The lowest BCUT2D eigenvalue weighted by molar-refractivity contribution is -0.140. The summed E-state index contributed by atoms with van der Waals surface area (Å²) in [4.78, 5) is 23.1. The van der Waals surface area contributed by atoms with Crippen LogP contribution >= 0.6 is 0 Å². The van der Waals surface area contributed by atoms with Crippen molar-refractivity contribution in [1.29, 1.82) is 0 Å². The number of hydrogen-bond acceptors (Lipinski definition) is 4. The van der Waals surface area contributed by atoms with Crippen LogP contribution in [0.2, 0.25) is 0 Å². The van der Waals surface area contributed by atoms with Crippen LogP contribution in [-0.4, -0.2) is 28.2 Å². The van der Waals surface area contributed by atoms with E-state index in [1.54, 1.807) is 13.0 Å². The minimum absolute atomic E-state index is 0.142. The molecule has 2 N–H and O–H groups in total. The van der Waals surface area contributed by atoms with Crippen molar-refractivity contribution in [2.75, 3.05) is 0 Å². The van der Waals surface area contributed by atoms with Gasteiger partial charge >= 0.3 is 5.97 Å². The van der Waals surface area contributed by atoms with Crippen molar-refractivity contribution in [3.63, 3.8) is 0 Å². The number of amides is 1. The smallest absolute Gasteiger partial charge is 0.326 e. The van der Waals surface area contributed by atoms with Crippen molar-refractivity contribution in [3.8, 4) is 0 Å². The van der Waals surface area contributed by atoms with Gasteiger partial charge in [0.1, 0.15) is 11.8 Å². The summed E-state index contributed by atoms with van der Waals surface area (Å²) in [7, 11) is 0. The van der Waals surface area contributed by atoms with Crippen LogP contribution in [0.5, 0.6) is 0 Å². The third-order valence-corrected chi connectivity index (χ3v) is 3.51. The molecule has 0 spiro atoms. The van der Waals surface area contributed by atoms with Crippen molar-refractivity contribution < 1.29 is 19.2 Å². The van der Waals surface area contributed by atoms with E-state index in [9.17, 15) is 9.59 Å². The van der Waals surface area contributed by atoms with Gasteiger partial charge in [0, 0.05) is 12.0 Å². The number of aromatic nitrogens is 1. The number of carboxylic acid groups (broad SMARTS) is 1. The second kappa shape index (κ2) is 5.42. The molecule has 104 valence electrons. The minimum Gasteiger partial charge on any atom is -0.480 e. The van der Waals surface area contributed by atoms with Crippen LogP contribution in [0.25, 0.3) is 0 Å². The molecule has 1 aromatic heterocycles. The topological polar surface area (TPSA) is 92.4 Å². The van der Waals surface area contributed by atoms with Gasteiger partial charge in [0.15, 0.2) is 5.69 Å². The van der Waals surface area contributed by atoms with E-state index in [0.29, 0.717) is 18.1 Å². The van der Waals surface area contributed by atoms with Gasteiger partial charge in [-0.15, -0.1) is 0 Å². The summed E-state index contributed by atoms with van der Waals surface area (Å²) in [5.41, 5.74) is 0.149. The highest BCUT2D eigenvalue weighted by molar-refractivity contribution is 5.95. The van der Waals surface area contributed by atoms with Crippen LogP contribution < -0.4 is 5.32 Å². The normalized spacial score (nSPS) is 17.8. The molecule has 0 aliphatic heterocycles. The average Bonchev–Trinajstić information content (AvgIpc) is 3.12. The van der Waals surface area contributed by atoms with Crippen LogP contribution in [0.15, 0.2) is 10.6 Å². The van der Waals surface area contributed by atoms with E-state index in [4.69, 9.17) is 9.63 Å². The standard InChI is InChI=1S/C13H18N2O4/c1-3-7(2)11(13(17)18)14-12(16)9-6-10(19-15-9)8-4-5-8/h6-8,11H,3-5H2,1-2H3,(H,14,16)(H,17,18)/t7?,11-/m0/s1. The lowest BCUT2D eigenvalue weighted by Crippen LogP contribution is -2.45. The molecule has 0 radical (unpaired) electrons. The third kappa shape index (κ3) is 3.13. The Hall–Kier alpha value is -1.85. The highest BCUT2D eigenvalue weighted by atomic mass is 16.5. The molecule has 0 bridgehead atoms. The Kier molecular flexibility index (Phi) is 3.87. The molecule has 6 heteroatoms. The number of hydrogen-bond donors (Lipinski definition) is 2. The van der Waals surface area contributed by atoms with Crippen LogP contribution in [0.4, 0.5) is 0 Å². The van der Waals surface area contributed by atoms with Crippen molar-refractivity contribution in [3.05, 3.63) is 17.5 Å². The first-order valence-electron chi connectivity index (χ1n) is 6.53. The molecule has 1 aromatic rings. The monoisotopic (exact) mass is 266 g/mol. The van der Waals surface area contributed by atoms with Gasteiger partial charge in [-0.2, -0.15) is 0 Å². The molecule has 0 saturated heterocycles. The fourth-order valence-corrected chi connectivity index (χ4v) is 1.85. The Labute approximate surface area is 111 Å². The summed E-state index contributed by atoms with van der Waals surface area (Å²) in [6.45, 7) is 3.67. The zero-order chi connectivity index (χ0) is 14.0. The van der Waals surface area contributed by atoms with Gasteiger partial charge in [0.2, 0.25) is 0 Å². The molecule has 1 saturated carbocycles. The number of nitrogens with zero attached hydrogens (tertiary/aromatic N) is 1. The molecule has 1 aliphatic rings. The van der Waals surface area contributed by atoms with E-state index in [1.807, 2.05) is 6.92 Å². The van der Waals surface area contributed by atoms with Crippen molar-refractivity contribution in [2.24, 2.45) is 5.92 Å². The molecular formula is C13H18N2O4. The van der Waals surface area contributed by atoms with Crippen LogP contribution in [0, 0.1) is 5.92 Å². The number of carbonyl (C=O) groups is 2. The van der Waals surface area contributed by atoms with Gasteiger partial charge < -0.3 is 14.9 Å². The Balaban J connectivity index is 2.03. The van der Waals surface area contributed by atoms with Crippen molar-refractivity contribution in [2.45, 2.75) is 45.1 Å². The Bertz CT molecular complexity index is 479. The maximum atomic E-state index is 11.9. The largest absolute Gasteiger partial charge is 0.480 e. The summed E-state index contributed by atoms with van der Waals surface area (Å²) in [6, 6.07) is 0.696. The van der Waals surface area contributed by atoms with Gasteiger partial charge in [-0.1, -0.05) is 25.4 Å². The fourth-order valence-electron chi connectivity index (χ4n) is 1.85. The summed E-state index contributed by atoms with van der Waals surface area (Å²) in [5, 5.41) is 15.3. The maximum Gasteiger partial charge on any atom is 0.326 e. The summed E-state index contributed by atoms with van der Waals surface area (Å²) in [6.07, 6.45) is 2.78. The van der Waals surface area contributed by atoms with E-state index in [-0.39, 0.29) is 11.6 Å². The Morgan fingerprint density at radius 1 is 1.58 bits per heavy atom. The number of carboxylic acids is 1. The van der Waals surface area contributed by atoms with E-state index >= 15 is 0 Å². The van der Waals surface area contributed by atoms with E-state index < -0.39 is 17.9 Å². The molecular weight excluding hydrogens is 248 g/mol. The molecule has 1 amide bonds. The minimum atomic E-state index is -1.03. The number of carbonyl (C=O) groups excluding carboxylic acids is 1. The van der Waals surface area contributed by atoms with Gasteiger partial charge in [-0.3, -0.25) is 4.79 Å². The Morgan fingerprint density at radius 3 is 2.79 bits per heavy atom. The summed E-state index contributed by atoms with van der Waals surface area (Å²) < 4.78 is 5.08. The van der Waals surface area contributed by atoms with Gasteiger partial charge in [-0.25, -0.2) is 4.79 Å². The second-order valence-electron chi connectivity index (χ2n) is 5.06. The number of rotatable bonds is 6. The molecule has 1 unspecified atom stereocenters. The molecule has 0 aromatic carbocycles. The number of nitrogens with one attached hydrogen (secondary N) is 1. The first-order valence-corrected chi connectivity index (χ1v) is 6.53. The second-order valence-corrected chi connectivity index (χ2v) is 5.06. The summed E-state index contributed by atoms with van der Waals surface area (Å²) in [5.74, 6) is -0.590. The van der Waals surface area contributed by atoms with E-state index in [1.165, 1.54) is 0 Å². The molecule has 1 heterocycles. The summed E-state index contributed by atoms with van der Waals surface area (Å²) >= 11 is 0. The van der Waals surface area contributed by atoms with Gasteiger partial charge in [0.05, 0.1) is 0 Å². The van der Waals surface area contributed by atoms with E-state index in [2.05, 4.69) is 10.5 Å². The highest BCUT2D eigenvalue weighted by Gasteiger charge is 2.30. The third-order valence-electron chi connectivity index (χ3n) is 3.51. The first-order chi connectivity index (χ1) is 9.02. The Morgan fingerprint density at radius 2 is 2.26 bits per heavy atom. The lowest BCUT2D eigenvalue weighted by atomic mass is 9.99. The molecule has 1 aliphatic carbocycles. The fraction of sp³-hybridized carbons (Fsp3) is 0.615. The molecule has 2 rings (SSSR count). The highest BCUT2D eigenvalue weighted by Crippen LogP contribution is 2.40. The van der Waals surface area contributed by atoms with Crippen LogP contribution in [0.3, 0.4) is 0 Å². The quantitative estimate of drug-likeness (QED) is 0.818. The zero-order valence-corrected chi connectivity index (χ0v) is 11.0. The predicted octanol–water partition coefficient (Wildman–Crippen LogP) is 1.78. The SMILES string of the molecule is CCC(C)[C@H](NC(=O)c1cc(C2CC2)on1)C(=O)O. The van der Waals surface area contributed by atoms with Gasteiger partial charge in [-0.05, 0) is 18.8 Å².